The van der Waals surface area contributed by atoms with Crippen molar-refractivity contribution in [2.24, 2.45) is 5.92 Å². The van der Waals surface area contributed by atoms with Crippen LogP contribution in [0.1, 0.15) is 18.4 Å². The Morgan fingerprint density at radius 3 is 2.44 bits per heavy atom. The van der Waals surface area contributed by atoms with E-state index in [2.05, 4.69) is 14.9 Å². The zero-order chi connectivity index (χ0) is 24.0. The number of likely N-dealkylation sites (tertiary alicyclic amines) is 1. The van der Waals surface area contributed by atoms with Gasteiger partial charge in [-0.25, -0.2) is 13.1 Å². The quantitative estimate of drug-likeness (QED) is 0.507. The molecule has 0 aromatic heterocycles. The molecule has 4 rings (SSSR count). The molecule has 0 radical (unpaired) electrons. The molecule has 1 saturated heterocycles. The third kappa shape index (κ3) is 6.32. The number of amides is 1. The summed E-state index contributed by atoms with van der Waals surface area (Å²) in [7, 11) is -3.54. The average Bonchev–Trinajstić information content (AvgIpc) is 2.84. The third-order valence-electron chi connectivity index (χ3n) is 6.15. The summed E-state index contributed by atoms with van der Waals surface area (Å²) < 4.78 is 28.0. The summed E-state index contributed by atoms with van der Waals surface area (Å²) in [6.07, 6.45) is 1.87. The number of anilines is 1. The molecule has 1 aliphatic heterocycles. The van der Waals surface area contributed by atoms with Crippen LogP contribution < -0.4 is 10.0 Å². The minimum absolute atomic E-state index is 0.0655. The molecule has 7 heteroatoms. The molecule has 6 nitrogen and oxygen atoms in total. The summed E-state index contributed by atoms with van der Waals surface area (Å²) >= 11 is 0. The van der Waals surface area contributed by atoms with Crippen molar-refractivity contribution in [3.8, 4) is 11.1 Å². The van der Waals surface area contributed by atoms with Gasteiger partial charge >= 0.3 is 0 Å². The standard InChI is InChI=1S/C27H31N3O3S/c1-21-13-15-24(16-14-21)34(32,33)28-18-22-8-7-17-30(19-22)20-27(31)29-26-12-6-5-11-25(26)23-9-3-2-4-10-23/h2-6,9-16,22,28H,7-8,17-20H2,1H3,(H,29,31). The number of carbonyl (C=O) groups excluding carboxylic acids is 1. The first-order valence-corrected chi connectivity index (χ1v) is 13.1. The number of piperidine rings is 1. The molecule has 1 heterocycles. The molecule has 1 aliphatic rings. The van der Waals surface area contributed by atoms with Crippen molar-refractivity contribution in [2.75, 3.05) is 31.5 Å². The molecule has 3 aromatic carbocycles. The normalized spacial score (nSPS) is 16.8. The second kappa shape index (κ2) is 11.0. The lowest BCUT2D eigenvalue weighted by Gasteiger charge is -2.32. The molecule has 1 fully saturated rings. The molecule has 2 N–H and O–H groups in total. The summed E-state index contributed by atoms with van der Waals surface area (Å²) in [4.78, 5) is 15.2. The van der Waals surface area contributed by atoms with Gasteiger partial charge < -0.3 is 5.32 Å². The van der Waals surface area contributed by atoms with Crippen molar-refractivity contribution in [1.29, 1.82) is 0 Å². The maximum atomic E-state index is 12.8. The highest BCUT2D eigenvalue weighted by Gasteiger charge is 2.24. The second-order valence-corrected chi connectivity index (χ2v) is 10.6. The van der Waals surface area contributed by atoms with Crippen molar-refractivity contribution in [3.63, 3.8) is 0 Å². The van der Waals surface area contributed by atoms with Crippen LogP contribution in [0.15, 0.2) is 83.8 Å². The smallest absolute Gasteiger partial charge is 0.240 e. The van der Waals surface area contributed by atoms with E-state index in [1.807, 2.05) is 61.5 Å². The number of nitrogens with zero attached hydrogens (tertiary/aromatic N) is 1. The molecule has 34 heavy (non-hydrogen) atoms. The van der Waals surface area contributed by atoms with Gasteiger partial charge in [0.15, 0.2) is 0 Å². The SMILES string of the molecule is Cc1ccc(S(=O)(=O)NCC2CCCN(CC(=O)Nc3ccccc3-c3ccccc3)C2)cc1. The van der Waals surface area contributed by atoms with Gasteiger partial charge in [0, 0.05) is 24.3 Å². The molecular formula is C27H31N3O3S. The summed E-state index contributed by atoms with van der Waals surface area (Å²) in [6, 6.07) is 24.6. The largest absolute Gasteiger partial charge is 0.324 e. The molecule has 3 aromatic rings. The molecule has 0 aliphatic carbocycles. The number of sulfonamides is 1. The minimum atomic E-state index is -3.54. The summed E-state index contributed by atoms with van der Waals surface area (Å²) in [5.41, 5.74) is 3.85. The fourth-order valence-corrected chi connectivity index (χ4v) is 5.46. The van der Waals surface area contributed by atoms with Crippen LogP contribution in [0.5, 0.6) is 0 Å². The maximum Gasteiger partial charge on any atom is 0.240 e. The van der Waals surface area contributed by atoms with E-state index in [1.165, 1.54) is 0 Å². The van der Waals surface area contributed by atoms with E-state index in [-0.39, 0.29) is 23.3 Å². The molecule has 1 atom stereocenters. The van der Waals surface area contributed by atoms with Crippen LogP contribution in [0.2, 0.25) is 0 Å². The summed E-state index contributed by atoms with van der Waals surface area (Å²) in [6.45, 7) is 4.09. The van der Waals surface area contributed by atoms with Crippen molar-refractivity contribution >= 4 is 21.6 Å². The molecule has 0 spiro atoms. The van der Waals surface area contributed by atoms with Crippen LogP contribution in [0.4, 0.5) is 5.69 Å². The maximum absolute atomic E-state index is 12.8. The van der Waals surface area contributed by atoms with Crippen molar-refractivity contribution in [2.45, 2.75) is 24.7 Å². The number of hydrogen-bond acceptors (Lipinski definition) is 4. The molecule has 1 amide bonds. The molecule has 0 bridgehead atoms. The minimum Gasteiger partial charge on any atom is -0.324 e. The van der Waals surface area contributed by atoms with Gasteiger partial charge in [0.1, 0.15) is 0 Å². The van der Waals surface area contributed by atoms with E-state index in [4.69, 9.17) is 0 Å². The number of carbonyl (C=O) groups is 1. The van der Waals surface area contributed by atoms with Gasteiger partial charge in [0.05, 0.1) is 11.4 Å². The van der Waals surface area contributed by atoms with Gasteiger partial charge in [0.2, 0.25) is 15.9 Å². The Labute approximate surface area is 202 Å². The summed E-state index contributed by atoms with van der Waals surface area (Å²) in [5, 5.41) is 3.06. The zero-order valence-electron chi connectivity index (χ0n) is 19.4. The predicted octanol–water partition coefficient (Wildman–Crippen LogP) is 4.29. The first-order valence-electron chi connectivity index (χ1n) is 11.6. The number of hydrogen-bond donors (Lipinski definition) is 2. The Bertz CT molecular complexity index is 1210. The second-order valence-electron chi connectivity index (χ2n) is 8.87. The van der Waals surface area contributed by atoms with E-state index in [9.17, 15) is 13.2 Å². The lowest BCUT2D eigenvalue weighted by Crippen LogP contribution is -2.43. The monoisotopic (exact) mass is 477 g/mol. The molecule has 1 unspecified atom stereocenters. The number of nitrogens with one attached hydrogen (secondary N) is 2. The van der Waals surface area contributed by atoms with E-state index in [0.717, 1.165) is 41.8 Å². The van der Waals surface area contributed by atoms with Gasteiger partial charge in [-0.1, -0.05) is 66.2 Å². The lowest BCUT2D eigenvalue weighted by atomic mass is 9.98. The van der Waals surface area contributed by atoms with Crippen LogP contribution in [-0.2, 0) is 14.8 Å². The van der Waals surface area contributed by atoms with Gasteiger partial charge in [-0.3, -0.25) is 9.69 Å². The highest BCUT2D eigenvalue weighted by atomic mass is 32.2. The van der Waals surface area contributed by atoms with Crippen molar-refractivity contribution in [1.82, 2.24) is 9.62 Å². The van der Waals surface area contributed by atoms with E-state index in [0.29, 0.717) is 13.1 Å². The van der Waals surface area contributed by atoms with Crippen molar-refractivity contribution in [3.05, 3.63) is 84.4 Å². The summed E-state index contributed by atoms with van der Waals surface area (Å²) in [5.74, 6) is 0.0997. The fourth-order valence-electron chi connectivity index (χ4n) is 4.34. The molecule has 178 valence electrons. The van der Waals surface area contributed by atoms with Gasteiger partial charge in [0.25, 0.3) is 0 Å². The molecular weight excluding hydrogens is 446 g/mol. The molecule has 0 saturated carbocycles. The van der Waals surface area contributed by atoms with Crippen LogP contribution in [0.25, 0.3) is 11.1 Å². The highest BCUT2D eigenvalue weighted by Crippen LogP contribution is 2.27. The first kappa shape index (κ1) is 24.1. The van der Waals surface area contributed by atoms with Crippen LogP contribution >= 0.6 is 0 Å². The van der Waals surface area contributed by atoms with E-state index in [1.54, 1.807) is 24.3 Å². The highest BCUT2D eigenvalue weighted by molar-refractivity contribution is 7.89. The van der Waals surface area contributed by atoms with Crippen LogP contribution in [-0.4, -0.2) is 45.4 Å². The number of benzene rings is 3. The third-order valence-corrected chi connectivity index (χ3v) is 7.59. The van der Waals surface area contributed by atoms with Crippen molar-refractivity contribution < 1.29 is 13.2 Å². The van der Waals surface area contributed by atoms with Gasteiger partial charge in [-0.2, -0.15) is 0 Å². The van der Waals surface area contributed by atoms with Crippen LogP contribution in [0.3, 0.4) is 0 Å². The Morgan fingerprint density at radius 1 is 0.971 bits per heavy atom. The van der Waals surface area contributed by atoms with E-state index >= 15 is 0 Å². The predicted molar refractivity (Wildman–Crippen MR) is 136 cm³/mol. The van der Waals surface area contributed by atoms with Gasteiger partial charge in [-0.05, 0) is 56.0 Å². The number of para-hydroxylation sites is 1. The number of aryl methyl sites for hydroxylation is 1. The fraction of sp³-hybridized carbons (Fsp3) is 0.296. The number of rotatable bonds is 8. The van der Waals surface area contributed by atoms with E-state index < -0.39 is 10.0 Å². The Kier molecular flexibility index (Phi) is 7.77. The Morgan fingerprint density at radius 2 is 1.68 bits per heavy atom. The Balaban J connectivity index is 1.32. The van der Waals surface area contributed by atoms with Gasteiger partial charge in [-0.15, -0.1) is 0 Å². The van der Waals surface area contributed by atoms with Crippen LogP contribution in [0, 0.1) is 12.8 Å². The lowest BCUT2D eigenvalue weighted by molar-refractivity contribution is -0.117. The first-order chi connectivity index (χ1) is 16.4. The topological polar surface area (TPSA) is 78.5 Å². The zero-order valence-corrected chi connectivity index (χ0v) is 20.2. The Hall–Kier alpha value is -3.00. The average molecular weight is 478 g/mol.